The number of carbonyl (C=O) groups excluding carboxylic acids is 1. The van der Waals surface area contributed by atoms with Crippen LogP contribution in [0.5, 0.6) is 0 Å². The van der Waals surface area contributed by atoms with Gasteiger partial charge in [0.2, 0.25) is 0 Å². The number of hydrogen-bond acceptors (Lipinski definition) is 2. The summed E-state index contributed by atoms with van der Waals surface area (Å²) in [7, 11) is 2.10. The summed E-state index contributed by atoms with van der Waals surface area (Å²) in [5.74, 6) is 0.714. The number of halogens is 1. The first-order valence-electron chi connectivity index (χ1n) is 6.61. The third kappa shape index (κ3) is 3.66. The number of hydrogen-bond donors (Lipinski definition) is 0. The largest absolute Gasteiger partial charge is 0.301 e. The Hall–Kier alpha value is -0.670. The fourth-order valence-electron chi connectivity index (χ4n) is 2.61. The predicted molar refractivity (Wildman–Crippen MR) is 77.4 cm³/mol. The highest BCUT2D eigenvalue weighted by Crippen LogP contribution is 2.23. The van der Waals surface area contributed by atoms with Gasteiger partial charge in [-0.2, -0.15) is 0 Å². The Kier molecular flexibility index (Phi) is 4.95. The van der Waals surface area contributed by atoms with Crippen molar-refractivity contribution in [3.8, 4) is 0 Å². The molecule has 18 heavy (non-hydrogen) atoms. The van der Waals surface area contributed by atoms with Crippen molar-refractivity contribution in [1.29, 1.82) is 0 Å². The van der Waals surface area contributed by atoms with Gasteiger partial charge in [-0.3, -0.25) is 4.79 Å². The first-order valence-corrected chi connectivity index (χ1v) is 7.41. The molecule has 1 aliphatic carbocycles. The maximum atomic E-state index is 11.8. The zero-order chi connectivity index (χ0) is 13.0. The molecule has 0 saturated heterocycles. The molecule has 0 bridgehead atoms. The van der Waals surface area contributed by atoms with Crippen molar-refractivity contribution in [2.45, 2.75) is 32.2 Å². The van der Waals surface area contributed by atoms with E-state index in [0.29, 0.717) is 5.78 Å². The minimum atomic E-state index is 0.256. The van der Waals surface area contributed by atoms with Gasteiger partial charge in [-0.25, -0.2) is 0 Å². The van der Waals surface area contributed by atoms with Crippen LogP contribution < -0.4 is 0 Å². The maximum absolute atomic E-state index is 11.8. The first kappa shape index (κ1) is 13.8. The lowest BCUT2D eigenvalue weighted by atomic mass is 9.87. The first-order chi connectivity index (χ1) is 8.66. The lowest BCUT2D eigenvalue weighted by Gasteiger charge is -2.26. The van der Waals surface area contributed by atoms with Crippen LogP contribution in [0.4, 0.5) is 0 Å². The van der Waals surface area contributed by atoms with Crippen LogP contribution in [0.25, 0.3) is 0 Å². The Morgan fingerprint density at radius 3 is 2.83 bits per heavy atom. The Morgan fingerprint density at radius 2 is 2.11 bits per heavy atom. The molecule has 0 radical (unpaired) electrons. The van der Waals surface area contributed by atoms with Gasteiger partial charge < -0.3 is 4.90 Å². The summed E-state index contributed by atoms with van der Waals surface area (Å²) >= 11 is 3.57. The zero-order valence-electron chi connectivity index (χ0n) is 10.9. The number of nitrogens with zero attached hydrogens (tertiary/aromatic N) is 1. The second kappa shape index (κ2) is 6.48. The van der Waals surface area contributed by atoms with E-state index < -0.39 is 0 Å². The van der Waals surface area contributed by atoms with Crippen LogP contribution in [0.15, 0.2) is 28.7 Å². The summed E-state index contributed by atoms with van der Waals surface area (Å²) in [5, 5.41) is 0. The van der Waals surface area contributed by atoms with Gasteiger partial charge in [0.15, 0.2) is 0 Å². The number of ketones is 1. The van der Waals surface area contributed by atoms with Gasteiger partial charge in [-0.1, -0.05) is 40.5 Å². The molecular formula is C15H20BrNO. The van der Waals surface area contributed by atoms with Gasteiger partial charge in [0.1, 0.15) is 5.78 Å². The maximum Gasteiger partial charge on any atom is 0.137 e. The van der Waals surface area contributed by atoms with Gasteiger partial charge in [-0.05, 0) is 31.5 Å². The standard InChI is InChI=1S/C15H20BrNO/c1-17(10-12-6-2-4-8-14(12)16)11-13-7-3-5-9-15(13)18/h2,4,6,8,13H,3,5,7,9-11H2,1H3. The monoisotopic (exact) mass is 309 g/mol. The highest BCUT2D eigenvalue weighted by molar-refractivity contribution is 9.10. The fraction of sp³-hybridized carbons (Fsp3) is 0.533. The van der Waals surface area contributed by atoms with Crippen LogP contribution in [0.2, 0.25) is 0 Å². The van der Waals surface area contributed by atoms with Crippen LogP contribution in [-0.4, -0.2) is 24.3 Å². The van der Waals surface area contributed by atoms with Crippen LogP contribution in [0.1, 0.15) is 31.2 Å². The molecule has 2 rings (SSSR count). The molecule has 3 heteroatoms. The highest BCUT2D eigenvalue weighted by Gasteiger charge is 2.23. The molecule has 0 amide bonds. The van der Waals surface area contributed by atoms with E-state index in [-0.39, 0.29) is 5.92 Å². The van der Waals surface area contributed by atoms with Crippen LogP contribution in [0.3, 0.4) is 0 Å². The second-order valence-electron chi connectivity index (χ2n) is 5.20. The Labute approximate surface area is 117 Å². The number of rotatable bonds is 4. The molecule has 1 aliphatic rings. The summed E-state index contributed by atoms with van der Waals surface area (Å²) < 4.78 is 1.15. The summed E-state index contributed by atoms with van der Waals surface area (Å²) in [6.45, 7) is 1.78. The summed E-state index contributed by atoms with van der Waals surface area (Å²) in [6.07, 6.45) is 4.15. The molecule has 0 aliphatic heterocycles. The van der Waals surface area contributed by atoms with E-state index in [1.54, 1.807) is 0 Å². The van der Waals surface area contributed by atoms with E-state index in [4.69, 9.17) is 0 Å². The van der Waals surface area contributed by atoms with Gasteiger partial charge in [0.05, 0.1) is 0 Å². The molecule has 1 atom stereocenters. The summed E-state index contributed by atoms with van der Waals surface area (Å²) in [4.78, 5) is 14.1. The number of carbonyl (C=O) groups is 1. The van der Waals surface area contributed by atoms with Gasteiger partial charge >= 0.3 is 0 Å². The molecular weight excluding hydrogens is 290 g/mol. The van der Waals surface area contributed by atoms with Gasteiger partial charge in [-0.15, -0.1) is 0 Å². The molecule has 0 spiro atoms. The van der Waals surface area contributed by atoms with Gasteiger partial charge in [0.25, 0.3) is 0 Å². The Balaban J connectivity index is 1.90. The third-order valence-corrected chi connectivity index (χ3v) is 4.38. The van der Waals surface area contributed by atoms with Crippen molar-refractivity contribution >= 4 is 21.7 Å². The SMILES string of the molecule is CN(Cc1ccccc1Br)CC1CCCCC1=O. The normalized spacial score (nSPS) is 20.4. The zero-order valence-corrected chi connectivity index (χ0v) is 12.4. The van der Waals surface area contributed by atoms with E-state index >= 15 is 0 Å². The minimum Gasteiger partial charge on any atom is -0.301 e. The van der Waals surface area contributed by atoms with Crippen LogP contribution >= 0.6 is 15.9 Å². The van der Waals surface area contributed by atoms with E-state index in [1.165, 1.54) is 12.0 Å². The quantitative estimate of drug-likeness (QED) is 0.846. The molecule has 98 valence electrons. The molecule has 1 unspecified atom stereocenters. The average Bonchev–Trinajstić information content (AvgIpc) is 2.35. The van der Waals surface area contributed by atoms with Crippen molar-refractivity contribution in [3.63, 3.8) is 0 Å². The lowest BCUT2D eigenvalue weighted by Crippen LogP contribution is -2.32. The molecule has 1 aromatic rings. The Bertz CT molecular complexity index is 419. The summed E-state index contributed by atoms with van der Waals surface area (Å²) in [6, 6.07) is 8.27. The molecule has 1 aromatic carbocycles. The predicted octanol–water partition coefficient (Wildman–Crippen LogP) is 3.64. The molecule has 1 fully saturated rings. The molecule has 0 N–H and O–H groups in total. The van der Waals surface area contributed by atoms with Crippen molar-refractivity contribution in [2.75, 3.05) is 13.6 Å². The van der Waals surface area contributed by atoms with E-state index in [9.17, 15) is 4.79 Å². The van der Waals surface area contributed by atoms with E-state index in [1.807, 2.05) is 6.07 Å². The van der Waals surface area contributed by atoms with Gasteiger partial charge in [0, 0.05) is 29.9 Å². The van der Waals surface area contributed by atoms with Crippen LogP contribution in [0, 0.1) is 5.92 Å². The third-order valence-electron chi connectivity index (χ3n) is 3.61. The summed E-state index contributed by atoms with van der Waals surface area (Å²) in [5.41, 5.74) is 1.28. The second-order valence-corrected chi connectivity index (χ2v) is 6.05. The average molecular weight is 310 g/mol. The molecule has 2 nitrogen and oxygen atoms in total. The van der Waals surface area contributed by atoms with E-state index in [2.05, 4.69) is 46.1 Å². The molecule has 1 saturated carbocycles. The minimum absolute atomic E-state index is 0.256. The fourth-order valence-corrected chi connectivity index (χ4v) is 3.02. The Morgan fingerprint density at radius 1 is 1.33 bits per heavy atom. The van der Waals surface area contributed by atoms with E-state index in [0.717, 1.165) is 36.8 Å². The lowest BCUT2D eigenvalue weighted by molar-refractivity contribution is -0.125. The van der Waals surface area contributed by atoms with Crippen molar-refractivity contribution in [2.24, 2.45) is 5.92 Å². The molecule has 0 aromatic heterocycles. The van der Waals surface area contributed by atoms with Crippen molar-refractivity contribution < 1.29 is 4.79 Å². The number of benzene rings is 1. The topological polar surface area (TPSA) is 20.3 Å². The van der Waals surface area contributed by atoms with Crippen LogP contribution in [-0.2, 0) is 11.3 Å². The van der Waals surface area contributed by atoms with Crippen molar-refractivity contribution in [3.05, 3.63) is 34.3 Å². The number of Topliss-reactive ketones (excluding diaryl/α,β-unsaturated/α-hetero) is 1. The molecule has 0 heterocycles. The highest BCUT2D eigenvalue weighted by atomic mass is 79.9. The smallest absolute Gasteiger partial charge is 0.137 e. The van der Waals surface area contributed by atoms with Crippen molar-refractivity contribution in [1.82, 2.24) is 4.90 Å².